The maximum Gasteiger partial charge on any atom is 0.325 e. The molecule has 3 nitrogen and oxygen atoms in total. The Morgan fingerprint density at radius 1 is 1.45 bits per heavy atom. The van der Waals surface area contributed by atoms with Crippen molar-refractivity contribution in [3.63, 3.8) is 0 Å². The van der Waals surface area contributed by atoms with Crippen LogP contribution in [-0.2, 0) is 15.3 Å². The second-order valence-electron chi connectivity index (χ2n) is 5.09. The van der Waals surface area contributed by atoms with Gasteiger partial charge in [0.15, 0.2) is 0 Å². The van der Waals surface area contributed by atoms with Crippen LogP contribution in [0.5, 0.6) is 0 Å². The number of benzene rings is 1. The maximum absolute atomic E-state index is 11.7. The first-order chi connectivity index (χ1) is 9.35. The van der Waals surface area contributed by atoms with Crippen molar-refractivity contribution < 1.29 is 9.53 Å². The van der Waals surface area contributed by atoms with E-state index in [1.165, 1.54) is 5.56 Å². The molecule has 5 heteroatoms. The number of thioether (sulfide) groups is 1. The molecule has 112 valence electrons. The SMILES string of the molecule is CCOC(=O)C(C)(N)CC(C)SCc1ccc(Cl)cc1. The van der Waals surface area contributed by atoms with Gasteiger partial charge in [-0.2, -0.15) is 11.8 Å². The van der Waals surface area contributed by atoms with Crippen molar-refractivity contribution >= 4 is 29.3 Å². The summed E-state index contributed by atoms with van der Waals surface area (Å²) in [6.07, 6.45) is 0.587. The highest BCUT2D eigenvalue weighted by molar-refractivity contribution is 7.99. The minimum absolute atomic E-state index is 0.269. The molecular weight excluding hydrogens is 294 g/mol. The maximum atomic E-state index is 11.7. The van der Waals surface area contributed by atoms with E-state index >= 15 is 0 Å². The summed E-state index contributed by atoms with van der Waals surface area (Å²) >= 11 is 7.62. The number of esters is 1. The quantitative estimate of drug-likeness (QED) is 0.781. The minimum Gasteiger partial charge on any atom is -0.465 e. The van der Waals surface area contributed by atoms with Crippen molar-refractivity contribution in [2.75, 3.05) is 6.61 Å². The fraction of sp³-hybridized carbons (Fsp3) is 0.533. The van der Waals surface area contributed by atoms with E-state index in [1.807, 2.05) is 24.3 Å². The fourth-order valence-corrected chi connectivity index (χ4v) is 3.11. The summed E-state index contributed by atoms with van der Waals surface area (Å²) in [7, 11) is 0. The third-order valence-corrected chi connectivity index (χ3v) is 4.39. The van der Waals surface area contributed by atoms with Gasteiger partial charge in [-0.1, -0.05) is 30.7 Å². The van der Waals surface area contributed by atoms with E-state index in [0.29, 0.717) is 13.0 Å². The van der Waals surface area contributed by atoms with Gasteiger partial charge in [0.1, 0.15) is 5.54 Å². The number of carbonyl (C=O) groups is 1. The van der Waals surface area contributed by atoms with Gasteiger partial charge in [-0.05, 0) is 38.0 Å². The molecule has 0 saturated heterocycles. The lowest BCUT2D eigenvalue weighted by molar-refractivity contribution is -0.149. The van der Waals surface area contributed by atoms with Crippen molar-refractivity contribution in [2.45, 2.75) is 43.7 Å². The first-order valence-corrected chi connectivity index (χ1v) is 8.10. The van der Waals surface area contributed by atoms with Gasteiger partial charge in [0, 0.05) is 16.0 Å². The van der Waals surface area contributed by atoms with Crippen molar-refractivity contribution in [1.82, 2.24) is 0 Å². The Hall–Kier alpha value is -0.710. The van der Waals surface area contributed by atoms with Gasteiger partial charge in [0.05, 0.1) is 6.61 Å². The van der Waals surface area contributed by atoms with Crippen LogP contribution in [-0.4, -0.2) is 23.4 Å². The molecule has 2 atom stereocenters. The molecule has 0 aliphatic rings. The normalized spacial score (nSPS) is 15.4. The van der Waals surface area contributed by atoms with E-state index in [9.17, 15) is 4.79 Å². The van der Waals surface area contributed by atoms with Gasteiger partial charge >= 0.3 is 5.97 Å². The average molecular weight is 316 g/mol. The predicted octanol–water partition coefficient (Wildman–Crippen LogP) is 3.63. The molecule has 0 aromatic heterocycles. The van der Waals surface area contributed by atoms with Crippen LogP contribution in [0.25, 0.3) is 0 Å². The van der Waals surface area contributed by atoms with Crippen molar-refractivity contribution in [3.05, 3.63) is 34.9 Å². The molecule has 0 amide bonds. The van der Waals surface area contributed by atoms with Gasteiger partial charge in [-0.3, -0.25) is 4.79 Å². The van der Waals surface area contributed by atoms with Gasteiger partial charge in [0.2, 0.25) is 0 Å². The molecule has 1 aromatic carbocycles. The molecule has 0 radical (unpaired) electrons. The Morgan fingerprint density at radius 2 is 2.05 bits per heavy atom. The van der Waals surface area contributed by atoms with Crippen LogP contribution < -0.4 is 5.73 Å². The average Bonchev–Trinajstić information content (AvgIpc) is 2.38. The molecule has 0 fully saturated rings. The van der Waals surface area contributed by atoms with Crippen LogP contribution >= 0.6 is 23.4 Å². The summed E-state index contributed by atoms with van der Waals surface area (Å²) in [4.78, 5) is 11.7. The first-order valence-electron chi connectivity index (χ1n) is 6.67. The molecule has 0 bridgehead atoms. The van der Waals surface area contributed by atoms with E-state index in [2.05, 4.69) is 6.92 Å². The predicted molar refractivity (Wildman–Crippen MR) is 86.1 cm³/mol. The summed E-state index contributed by atoms with van der Waals surface area (Å²) < 4.78 is 5.00. The summed E-state index contributed by atoms with van der Waals surface area (Å²) in [5, 5.41) is 1.01. The standard InChI is InChI=1S/C15H22ClNO2S/c1-4-19-14(18)15(3,17)9-11(2)20-10-12-5-7-13(16)8-6-12/h5-8,11H,4,9-10,17H2,1-3H3. The number of carbonyl (C=O) groups excluding carboxylic acids is 1. The van der Waals surface area contributed by atoms with E-state index in [0.717, 1.165) is 10.8 Å². The molecule has 0 heterocycles. The van der Waals surface area contributed by atoms with E-state index in [1.54, 1.807) is 25.6 Å². The third kappa shape index (κ3) is 5.73. The number of hydrogen-bond donors (Lipinski definition) is 1. The Bertz CT molecular complexity index is 434. The molecule has 20 heavy (non-hydrogen) atoms. The number of halogens is 1. The zero-order valence-electron chi connectivity index (χ0n) is 12.2. The summed E-state index contributed by atoms with van der Waals surface area (Å²) in [5.74, 6) is 0.538. The molecule has 0 spiro atoms. The van der Waals surface area contributed by atoms with Crippen molar-refractivity contribution in [1.29, 1.82) is 0 Å². The smallest absolute Gasteiger partial charge is 0.325 e. The fourth-order valence-electron chi connectivity index (χ4n) is 1.85. The molecule has 2 N–H and O–H groups in total. The lowest BCUT2D eigenvalue weighted by atomic mass is 9.98. The zero-order valence-corrected chi connectivity index (χ0v) is 13.8. The number of nitrogens with two attached hydrogens (primary N) is 1. The highest BCUT2D eigenvalue weighted by Gasteiger charge is 2.31. The topological polar surface area (TPSA) is 52.3 Å². The second kappa shape index (κ2) is 7.91. The van der Waals surface area contributed by atoms with Crippen molar-refractivity contribution in [2.24, 2.45) is 5.73 Å². The highest BCUT2D eigenvalue weighted by atomic mass is 35.5. The molecule has 0 aliphatic carbocycles. The minimum atomic E-state index is -0.928. The van der Waals surface area contributed by atoms with Crippen LogP contribution in [0.1, 0.15) is 32.8 Å². The Kier molecular flexibility index (Phi) is 6.86. The number of hydrogen-bond acceptors (Lipinski definition) is 4. The monoisotopic (exact) mass is 315 g/mol. The van der Waals surface area contributed by atoms with Crippen LogP contribution in [0.4, 0.5) is 0 Å². The third-order valence-electron chi connectivity index (χ3n) is 2.90. The summed E-state index contributed by atoms with van der Waals surface area (Å²) in [6.45, 7) is 5.94. The summed E-state index contributed by atoms with van der Waals surface area (Å²) in [6, 6.07) is 7.78. The molecule has 1 aromatic rings. The highest BCUT2D eigenvalue weighted by Crippen LogP contribution is 2.25. The molecular formula is C15H22ClNO2S. The second-order valence-corrected chi connectivity index (χ2v) is 6.95. The number of ether oxygens (including phenoxy) is 1. The van der Waals surface area contributed by atoms with Crippen LogP contribution in [0.2, 0.25) is 5.02 Å². The molecule has 0 aliphatic heterocycles. The van der Waals surface area contributed by atoms with Crippen LogP contribution in [0.3, 0.4) is 0 Å². The molecule has 2 unspecified atom stereocenters. The van der Waals surface area contributed by atoms with E-state index < -0.39 is 5.54 Å². The van der Waals surface area contributed by atoms with Gasteiger partial charge in [-0.15, -0.1) is 0 Å². The van der Waals surface area contributed by atoms with Crippen LogP contribution in [0.15, 0.2) is 24.3 Å². The molecule has 0 saturated carbocycles. The van der Waals surface area contributed by atoms with E-state index in [-0.39, 0.29) is 11.2 Å². The summed E-state index contributed by atoms with van der Waals surface area (Å²) in [5.41, 5.74) is 6.31. The van der Waals surface area contributed by atoms with Crippen LogP contribution in [0, 0.1) is 0 Å². The Labute approximate surface area is 130 Å². The Morgan fingerprint density at radius 3 is 2.60 bits per heavy atom. The van der Waals surface area contributed by atoms with Crippen molar-refractivity contribution in [3.8, 4) is 0 Å². The number of rotatable bonds is 7. The van der Waals surface area contributed by atoms with Gasteiger partial charge in [0.25, 0.3) is 0 Å². The zero-order chi connectivity index (χ0) is 15.2. The first kappa shape index (κ1) is 17.3. The largest absolute Gasteiger partial charge is 0.465 e. The lowest BCUT2D eigenvalue weighted by Crippen LogP contribution is -2.47. The van der Waals surface area contributed by atoms with Gasteiger partial charge < -0.3 is 10.5 Å². The van der Waals surface area contributed by atoms with E-state index in [4.69, 9.17) is 22.1 Å². The molecule has 1 rings (SSSR count). The lowest BCUT2D eigenvalue weighted by Gasteiger charge is -2.25. The van der Waals surface area contributed by atoms with Gasteiger partial charge in [-0.25, -0.2) is 0 Å². The Balaban J connectivity index is 2.44.